The van der Waals surface area contributed by atoms with Crippen LogP contribution in [0.4, 0.5) is 0 Å². The fourth-order valence-corrected chi connectivity index (χ4v) is 1.55. The van der Waals surface area contributed by atoms with Crippen LogP contribution in [-0.4, -0.2) is 36.9 Å². The SMILES string of the molecule is CC(=O)OC[C@@H]1C[C@]1(CO)COC(C)=O. The number of rotatable bonds is 5. The number of ether oxygens (including phenoxy) is 2. The summed E-state index contributed by atoms with van der Waals surface area (Å²) in [5.74, 6) is -0.590. The third-order valence-electron chi connectivity index (χ3n) is 2.72. The Morgan fingerprint density at radius 3 is 2.40 bits per heavy atom. The Hall–Kier alpha value is -1.10. The summed E-state index contributed by atoms with van der Waals surface area (Å²) >= 11 is 0. The lowest BCUT2D eigenvalue weighted by molar-refractivity contribution is -0.145. The molecule has 1 fully saturated rings. The van der Waals surface area contributed by atoms with Crippen molar-refractivity contribution in [3.05, 3.63) is 0 Å². The van der Waals surface area contributed by atoms with E-state index in [4.69, 9.17) is 9.47 Å². The molecule has 0 unspecified atom stereocenters. The summed E-state index contributed by atoms with van der Waals surface area (Å²) in [6.07, 6.45) is 0.726. The highest BCUT2D eigenvalue weighted by molar-refractivity contribution is 5.66. The molecule has 0 aliphatic heterocycles. The molecular formula is C10H16O5. The summed E-state index contributed by atoms with van der Waals surface area (Å²) in [4.78, 5) is 21.2. The van der Waals surface area contributed by atoms with Gasteiger partial charge in [0.15, 0.2) is 0 Å². The fraction of sp³-hybridized carbons (Fsp3) is 0.800. The lowest BCUT2D eigenvalue weighted by atomic mass is 10.1. The van der Waals surface area contributed by atoms with Crippen LogP contribution in [-0.2, 0) is 19.1 Å². The van der Waals surface area contributed by atoms with Crippen LogP contribution in [0.2, 0.25) is 0 Å². The van der Waals surface area contributed by atoms with Crippen molar-refractivity contribution in [1.82, 2.24) is 0 Å². The predicted molar refractivity (Wildman–Crippen MR) is 50.9 cm³/mol. The van der Waals surface area contributed by atoms with Gasteiger partial charge in [0, 0.05) is 25.2 Å². The molecule has 0 aromatic carbocycles. The first kappa shape index (κ1) is 12.0. The standard InChI is InChI=1S/C10H16O5/c1-7(12)14-4-9-3-10(9,5-11)6-15-8(2)13/h9,11H,3-6H2,1-2H3/t9-,10-/m0/s1. The monoisotopic (exact) mass is 216 g/mol. The Labute approximate surface area is 88.4 Å². The summed E-state index contributed by atoms with van der Waals surface area (Å²) in [6.45, 7) is 3.11. The first-order chi connectivity index (χ1) is 7.00. The van der Waals surface area contributed by atoms with Gasteiger partial charge < -0.3 is 14.6 Å². The number of aliphatic hydroxyl groups excluding tert-OH is 1. The van der Waals surface area contributed by atoms with Crippen LogP contribution in [0.25, 0.3) is 0 Å². The van der Waals surface area contributed by atoms with E-state index in [1.165, 1.54) is 13.8 Å². The Balaban J connectivity index is 2.32. The first-order valence-electron chi connectivity index (χ1n) is 4.88. The first-order valence-corrected chi connectivity index (χ1v) is 4.88. The summed E-state index contributed by atoms with van der Waals surface area (Å²) in [7, 11) is 0. The lowest BCUT2D eigenvalue weighted by Gasteiger charge is -2.13. The zero-order valence-corrected chi connectivity index (χ0v) is 8.99. The largest absolute Gasteiger partial charge is 0.466 e. The lowest BCUT2D eigenvalue weighted by Crippen LogP contribution is -2.21. The number of hydrogen-bond acceptors (Lipinski definition) is 5. The van der Waals surface area contributed by atoms with Crippen molar-refractivity contribution in [3.63, 3.8) is 0 Å². The molecule has 5 nitrogen and oxygen atoms in total. The van der Waals surface area contributed by atoms with Gasteiger partial charge in [-0.15, -0.1) is 0 Å². The van der Waals surface area contributed by atoms with E-state index < -0.39 is 0 Å². The molecule has 1 aliphatic rings. The van der Waals surface area contributed by atoms with Gasteiger partial charge >= 0.3 is 11.9 Å². The van der Waals surface area contributed by atoms with Crippen molar-refractivity contribution >= 4 is 11.9 Å². The van der Waals surface area contributed by atoms with E-state index >= 15 is 0 Å². The molecule has 86 valence electrons. The van der Waals surface area contributed by atoms with E-state index in [1.807, 2.05) is 0 Å². The van der Waals surface area contributed by atoms with E-state index in [0.29, 0.717) is 0 Å². The van der Waals surface area contributed by atoms with E-state index in [-0.39, 0.29) is 43.1 Å². The molecule has 2 atom stereocenters. The minimum absolute atomic E-state index is 0.0494. The summed E-state index contributed by atoms with van der Waals surface area (Å²) in [5, 5.41) is 9.17. The van der Waals surface area contributed by atoms with Crippen LogP contribution in [0.1, 0.15) is 20.3 Å². The molecule has 15 heavy (non-hydrogen) atoms. The van der Waals surface area contributed by atoms with Gasteiger partial charge in [-0.3, -0.25) is 9.59 Å². The summed E-state index contributed by atoms with van der Waals surface area (Å²) in [6, 6.07) is 0. The maximum absolute atomic E-state index is 10.6. The van der Waals surface area contributed by atoms with Crippen LogP contribution >= 0.6 is 0 Å². The summed E-state index contributed by atoms with van der Waals surface area (Å²) < 4.78 is 9.70. The molecule has 0 aromatic heterocycles. The molecule has 5 heteroatoms. The van der Waals surface area contributed by atoms with E-state index in [2.05, 4.69) is 0 Å². The highest BCUT2D eigenvalue weighted by atomic mass is 16.5. The van der Waals surface area contributed by atoms with Crippen molar-refractivity contribution in [2.75, 3.05) is 19.8 Å². The fourth-order valence-electron chi connectivity index (χ4n) is 1.55. The average Bonchev–Trinajstić information content (AvgIpc) is 2.86. The van der Waals surface area contributed by atoms with Crippen molar-refractivity contribution in [1.29, 1.82) is 0 Å². The molecular weight excluding hydrogens is 200 g/mol. The van der Waals surface area contributed by atoms with E-state index in [1.54, 1.807) is 0 Å². The van der Waals surface area contributed by atoms with Gasteiger partial charge in [0.1, 0.15) is 0 Å². The van der Waals surface area contributed by atoms with Gasteiger partial charge in [0.05, 0.1) is 19.8 Å². The van der Waals surface area contributed by atoms with Crippen molar-refractivity contribution < 1.29 is 24.2 Å². The summed E-state index contributed by atoms with van der Waals surface area (Å²) in [5.41, 5.74) is -0.388. The van der Waals surface area contributed by atoms with Gasteiger partial charge in [0.25, 0.3) is 0 Å². The Morgan fingerprint density at radius 1 is 1.33 bits per heavy atom. The van der Waals surface area contributed by atoms with E-state index in [0.717, 1.165) is 6.42 Å². The molecule has 1 N–H and O–H groups in total. The second kappa shape index (κ2) is 4.61. The Bertz CT molecular complexity index is 263. The second-order valence-electron chi connectivity index (χ2n) is 4.00. The predicted octanol–water partition coefficient (Wildman–Crippen LogP) is 0.111. The smallest absolute Gasteiger partial charge is 0.302 e. The Morgan fingerprint density at radius 2 is 1.93 bits per heavy atom. The van der Waals surface area contributed by atoms with Gasteiger partial charge in [-0.25, -0.2) is 0 Å². The van der Waals surface area contributed by atoms with Crippen LogP contribution in [0, 0.1) is 11.3 Å². The molecule has 0 amide bonds. The highest BCUT2D eigenvalue weighted by Crippen LogP contribution is 2.52. The molecule has 1 rings (SSSR count). The minimum Gasteiger partial charge on any atom is -0.466 e. The zero-order valence-electron chi connectivity index (χ0n) is 8.99. The average molecular weight is 216 g/mol. The zero-order chi connectivity index (χ0) is 11.5. The van der Waals surface area contributed by atoms with Crippen LogP contribution < -0.4 is 0 Å². The number of carbonyl (C=O) groups excluding carboxylic acids is 2. The maximum Gasteiger partial charge on any atom is 0.302 e. The number of hydrogen-bond donors (Lipinski definition) is 1. The normalized spacial score (nSPS) is 28.3. The molecule has 1 aliphatic carbocycles. The van der Waals surface area contributed by atoms with Crippen LogP contribution in [0.5, 0.6) is 0 Å². The van der Waals surface area contributed by atoms with Crippen molar-refractivity contribution in [2.45, 2.75) is 20.3 Å². The maximum atomic E-state index is 10.6. The molecule has 0 spiro atoms. The third-order valence-corrected chi connectivity index (χ3v) is 2.72. The number of aliphatic hydroxyl groups is 1. The van der Waals surface area contributed by atoms with Gasteiger partial charge in [-0.1, -0.05) is 0 Å². The van der Waals surface area contributed by atoms with Gasteiger partial charge in [-0.05, 0) is 6.42 Å². The second-order valence-corrected chi connectivity index (χ2v) is 4.00. The van der Waals surface area contributed by atoms with Crippen molar-refractivity contribution in [3.8, 4) is 0 Å². The molecule has 0 saturated heterocycles. The van der Waals surface area contributed by atoms with Gasteiger partial charge in [0.2, 0.25) is 0 Å². The van der Waals surface area contributed by atoms with E-state index in [9.17, 15) is 14.7 Å². The van der Waals surface area contributed by atoms with Crippen LogP contribution in [0.15, 0.2) is 0 Å². The molecule has 0 bridgehead atoms. The van der Waals surface area contributed by atoms with Gasteiger partial charge in [-0.2, -0.15) is 0 Å². The molecule has 0 radical (unpaired) electrons. The number of carbonyl (C=O) groups is 2. The topological polar surface area (TPSA) is 72.8 Å². The van der Waals surface area contributed by atoms with Crippen LogP contribution in [0.3, 0.4) is 0 Å². The Kier molecular flexibility index (Phi) is 3.68. The van der Waals surface area contributed by atoms with Crippen molar-refractivity contribution in [2.24, 2.45) is 11.3 Å². The molecule has 0 aromatic rings. The quantitative estimate of drug-likeness (QED) is 0.660. The molecule has 1 saturated carbocycles. The minimum atomic E-state index is -0.388. The molecule has 0 heterocycles. The third kappa shape index (κ3) is 3.20. The highest BCUT2D eigenvalue weighted by Gasteiger charge is 2.55. The number of esters is 2.